The highest BCUT2D eigenvalue weighted by Crippen LogP contribution is 2.23. The van der Waals surface area contributed by atoms with Crippen LogP contribution in [0, 0.1) is 5.92 Å². The molecule has 0 saturated carbocycles. The number of amides is 1. The molecule has 1 aromatic heterocycles. The van der Waals surface area contributed by atoms with Gasteiger partial charge in [0.15, 0.2) is 0 Å². The lowest BCUT2D eigenvalue weighted by molar-refractivity contribution is -0.123. The lowest BCUT2D eigenvalue weighted by Gasteiger charge is -2.22. The highest BCUT2D eigenvalue weighted by molar-refractivity contribution is 5.78. The van der Waals surface area contributed by atoms with E-state index in [1.807, 2.05) is 38.8 Å². The Morgan fingerprint density at radius 2 is 2.10 bits per heavy atom. The van der Waals surface area contributed by atoms with Gasteiger partial charge in [-0.3, -0.25) is 4.79 Å². The zero-order valence-corrected chi connectivity index (χ0v) is 12.8. The summed E-state index contributed by atoms with van der Waals surface area (Å²) in [4.78, 5) is 17.8. The zero-order valence-electron chi connectivity index (χ0n) is 12.8. The Morgan fingerprint density at radius 1 is 1.45 bits per heavy atom. The molecule has 6 heteroatoms. The lowest BCUT2D eigenvalue weighted by Crippen LogP contribution is -2.34. The molecular weight excluding hydrogens is 256 g/mol. The highest BCUT2D eigenvalue weighted by Gasteiger charge is 2.16. The molecule has 1 atom stereocenters. The smallest absolute Gasteiger partial charge is 0.239 e. The third kappa shape index (κ3) is 4.29. The summed E-state index contributed by atoms with van der Waals surface area (Å²) in [6, 6.07) is 3.58. The number of nitrogen functional groups attached to an aromatic ring is 1. The van der Waals surface area contributed by atoms with Gasteiger partial charge in [0.05, 0.1) is 17.7 Å². The van der Waals surface area contributed by atoms with E-state index < -0.39 is 0 Å². The van der Waals surface area contributed by atoms with Crippen LogP contribution >= 0.6 is 0 Å². The van der Waals surface area contributed by atoms with Crippen LogP contribution in [0.1, 0.15) is 20.8 Å². The summed E-state index contributed by atoms with van der Waals surface area (Å²) in [5.74, 6) is 1.03. The molecule has 3 N–H and O–H groups in total. The number of ether oxygens (including phenoxy) is 1. The molecule has 0 saturated heterocycles. The number of nitrogens with one attached hydrogen (secondary N) is 1. The van der Waals surface area contributed by atoms with Crippen molar-refractivity contribution in [1.29, 1.82) is 0 Å². The third-order valence-electron chi connectivity index (χ3n) is 2.86. The van der Waals surface area contributed by atoms with Crippen LogP contribution in [0.4, 0.5) is 11.5 Å². The number of nitrogens with zero attached hydrogens (tertiary/aromatic N) is 2. The molecule has 0 bridgehead atoms. The Labute approximate surface area is 120 Å². The van der Waals surface area contributed by atoms with Crippen molar-refractivity contribution in [1.82, 2.24) is 10.3 Å². The number of carbonyl (C=O) groups excluding carboxylic acids is 1. The van der Waals surface area contributed by atoms with Crippen molar-refractivity contribution in [3.05, 3.63) is 12.1 Å². The van der Waals surface area contributed by atoms with Gasteiger partial charge in [0.1, 0.15) is 5.82 Å². The number of rotatable bonds is 6. The number of pyridine rings is 1. The van der Waals surface area contributed by atoms with Gasteiger partial charge >= 0.3 is 0 Å². The predicted molar refractivity (Wildman–Crippen MR) is 80.9 cm³/mol. The molecule has 1 rings (SSSR count). The second-order valence-electron chi connectivity index (χ2n) is 5.13. The van der Waals surface area contributed by atoms with E-state index in [1.54, 1.807) is 13.1 Å². The van der Waals surface area contributed by atoms with Crippen molar-refractivity contribution in [2.75, 3.05) is 31.3 Å². The molecule has 112 valence electrons. The maximum atomic E-state index is 11.5. The van der Waals surface area contributed by atoms with Gasteiger partial charge in [-0.05, 0) is 26.0 Å². The molecule has 1 unspecified atom stereocenters. The Bertz CT molecular complexity index is 462. The van der Waals surface area contributed by atoms with Crippen LogP contribution in [-0.4, -0.2) is 37.6 Å². The van der Waals surface area contributed by atoms with Crippen LogP contribution in [-0.2, 0) is 4.79 Å². The second-order valence-corrected chi connectivity index (χ2v) is 5.13. The van der Waals surface area contributed by atoms with E-state index in [-0.39, 0.29) is 17.9 Å². The maximum absolute atomic E-state index is 11.5. The van der Waals surface area contributed by atoms with Crippen LogP contribution in [0.3, 0.4) is 0 Å². The summed E-state index contributed by atoms with van der Waals surface area (Å²) in [5, 5.41) is 2.64. The van der Waals surface area contributed by atoms with Gasteiger partial charge in [-0.25, -0.2) is 0 Å². The number of nitrogens with two attached hydrogens (primary N) is 1. The summed E-state index contributed by atoms with van der Waals surface area (Å²) >= 11 is 0. The van der Waals surface area contributed by atoms with Crippen molar-refractivity contribution in [2.24, 2.45) is 5.92 Å². The van der Waals surface area contributed by atoms with Crippen molar-refractivity contribution >= 4 is 17.4 Å². The van der Waals surface area contributed by atoms with E-state index in [4.69, 9.17) is 10.5 Å². The number of aromatic nitrogens is 1. The molecule has 20 heavy (non-hydrogen) atoms. The molecule has 0 spiro atoms. The fraction of sp³-hybridized carbons (Fsp3) is 0.571. The van der Waals surface area contributed by atoms with Gasteiger partial charge in [0.25, 0.3) is 0 Å². The van der Waals surface area contributed by atoms with Gasteiger partial charge in [0.2, 0.25) is 11.8 Å². The first-order valence-corrected chi connectivity index (χ1v) is 6.71. The van der Waals surface area contributed by atoms with Crippen LogP contribution in [0.5, 0.6) is 5.88 Å². The summed E-state index contributed by atoms with van der Waals surface area (Å²) in [6.45, 7) is 6.28. The number of carbonyl (C=O) groups is 1. The van der Waals surface area contributed by atoms with Gasteiger partial charge in [-0.1, -0.05) is 6.92 Å². The van der Waals surface area contributed by atoms with Crippen molar-refractivity contribution in [3.8, 4) is 5.88 Å². The molecule has 0 aromatic carbocycles. The molecular formula is C14H24N4O2. The number of anilines is 2. The first-order valence-electron chi connectivity index (χ1n) is 6.71. The monoisotopic (exact) mass is 280 g/mol. The largest absolute Gasteiger partial charge is 0.473 e. The Hall–Kier alpha value is -1.98. The van der Waals surface area contributed by atoms with Crippen LogP contribution < -0.4 is 20.7 Å². The van der Waals surface area contributed by atoms with E-state index in [9.17, 15) is 4.79 Å². The average molecular weight is 280 g/mol. The Kier molecular flexibility index (Phi) is 5.61. The summed E-state index contributed by atoms with van der Waals surface area (Å²) < 4.78 is 5.57. The molecule has 0 radical (unpaired) electrons. The minimum Gasteiger partial charge on any atom is -0.473 e. The summed E-state index contributed by atoms with van der Waals surface area (Å²) in [5.41, 5.74) is 6.35. The molecule has 0 aliphatic heterocycles. The Balaban J connectivity index is 2.82. The van der Waals surface area contributed by atoms with E-state index in [1.165, 1.54) is 0 Å². The quantitative estimate of drug-likeness (QED) is 0.820. The van der Waals surface area contributed by atoms with Gasteiger partial charge in [-0.2, -0.15) is 4.98 Å². The van der Waals surface area contributed by atoms with Gasteiger partial charge < -0.3 is 20.7 Å². The predicted octanol–water partition coefficient (Wildman–Crippen LogP) is 1.27. The van der Waals surface area contributed by atoms with E-state index in [2.05, 4.69) is 10.3 Å². The van der Waals surface area contributed by atoms with Crippen LogP contribution in [0.15, 0.2) is 12.1 Å². The fourth-order valence-corrected chi connectivity index (χ4v) is 1.81. The standard InChI is InChI=1S/C14H24N4O2/c1-9(2)20-14-11(15)6-7-12(17-14)18(5)8-10(3)13(19)16-4/h6-7,9-10H,8,15H2,1-5H3,(H,16,19). The number of hydrogen-bond donors (Lipinski definition) is 2. The highest BCUT2D eigenvalue weighted by atomic mass is 16.5. The SMILES string of the molecule is CNC(=O)C(C)CN(C)c1ccc(N)c(OC(C)C)n1. The minimum atomic E-state index is -0.126. The van der Waals surface area contributed by atoms with Crippen molar-refractivity contribution in [3.63, 3.8) is 0 Å². The first-order chi connectivity index (χ1) is 9.35. The van der Waals surface area contributed by atoms with Crippen molar-refractivity contribution < 1.29 is 9.53 Å². The third-order valence-corrected chi connectivity index (χ3v) is 2.86. The number of hydrogen-bond acceptors (Lipinski definition) is 5. The van der Waals surface area contributed by atoms with E-state index in [0.29, 0.717) is 18.1 Å². The first kappa shape index (κ1) is 16.1. The maximum Gasteiger partial charge on any atom is 0.239 e. The fourth-order valence-electron chi connectivity index (χ4n) is 1.81. The van der Waals surface area contributed by atoms with Crippen LogP contribution in [0.2, 0.25) is 0 Å². The topological polar surface area (TPSA) is 80.5 Å². The van der Waals surface area contributed by atoms with E-state index in [0.717, 1.165) is 5.82 Å². The molecule has 0 aliphatic carbocycles. The minimum absolute atomic E-state index is 0.00551. The summed E-state index contributed by atoms with van der Waals surface area (Å²) in [6.07, 6.45) is 0.00940. The molecule has 6 nitrogen and oxygen atoms in total. The average Bonchev–Trinajstić information content (AvgIpc) is 2.39. The van der Waals surface area contributed by atoms with Crippen LogP contribution in [0.25, 0.3) is 0 Å². The normalized spacial score (nSPS) is 12.1. The van der Waals surface area contributed by atoms with Gasteiger partial charge in [-0.15, -0.1) is 0 Å². The summed E-state index contributed by atoms with van der Waals surface area (Å²) in [7, 11) is 3.52. The van der Waals surface area contributed by atoms with Crippen molar-refractivity contribution in [2.45, 2.75) is 26.9 Å². The lowest BCUT2D eigenvalue weighted by atomic mass is 10.1. The van der Waals surface area contributed by atoms with Gasteiger partial charge in [0, 0.05) is 20.6 Å². The second kappa shape index (κ2) is 6.98. The molecule has 0 aliphatic rings. The van der Waals surface area contributed by atoms with E-state index >= 15 is 0 Å². The molecule has 1 heterocycles. The molecule has 1 aromatic rings. The molecule has 1 amide bonds. The zero-order chi connectivity index (χ0) is 15.3. The molecule has 0 fully saturated rings. The Morgan fingerprint density at radius 3 is 2.65 bits per heavy atom.